The van der Waals surface area contributed by atoms with E-state index >= 15 is 0 Å². The van der Waals surface area contributed by atoms with Gasteiger partial charge in [0.2, 0.25) is 0 Å². The molecule has 0 N–H and O–H groups in total. The van der Waals surface area contributed by atoms with Gasteiger partial charge in [0.25, 0.3) is 5.91 Å². The van der Waals surface area contributed by atoms with Crippen molar-refractivity contribution in [1.82, 2.24) is 14.4 Å². The highest BCUT2D eigenvalue weighted by molar-refractivity contribution is 5.99. The fraction of sp³-hybridized carbons (Fsp3) is 0.529. The number of hydrogen-bond donors (Lipinski definition) is 0. The van der Waals surface area contributed by atoms with E-state index in [4.69, 9.17) is 9.47 Å². The fourth-order valence-electron chi connectivity index (χ4n) is 5.68. The third-order valence-electron chi connectivity index (χ3n) is 7.80. The van der Waals surface area contributed by atoms with Crippen molar-refractivity contribution in [1.29, 1.82) is 0 Å². The molecule has 0 radical (unpaired) electrons. The molecule has 1 aromatic heterocycles. The molecule has 1 saturated heterocycles. The van der Waals surface area contributed by atoms with Crippen LogP contribution in [0.25, 0.3) is 10.9 Å². The van der Waals surface area contributed by atoms with Crippen LogP contribution in [0.5, 0.6) is 5.75 Å². The maximum absolute atomic E-state index is 13.5. The van der Waals surface area contributed by atoms with E-state index in [1.54, 1.807) is 4.90 Å². The normalized spacial score (nSPS) is 15.7. The van der Waals surface area contributed by atoms with Crippen LogP contribution in [0.1, 0.15) is 88.5 Å². The summed E-state index contributed by atoms with van der Waals surface area (Å²) in [6.07, 6.45) is 2.53. The SMILES string of the molecule is CC.CCOc1ccc(Cn2c3c(c4cc(C(=O)N5CCC(C)CC5)ccc42)CN(C(=O)OC(C)(C)C)CC3)cc1. The van der Waals surface area contributed by atoms with E-state index in [2.05, 4.69) is 29.7 Å². The minimum Gasteiger partial charge on any atom is -0.494 e. The van der Waals surface area contributed by atoms with Gasteiger partial charge < -0.3 is 23.8 Å². The molecule has 7 heteroatoms. The number of carbonyl (C=O) groups excluding carboxylic acids is 2. The highest BCUT2D eigenvalue weighted by Gasteiger charge is 2.30. The van der Waals surface area contributed by atoms with Crippen LogP contribution in [-0.2, 0) is 24.2 Å². The van der Waals surface area contributed by atoms with Crippen molar-refractivity contribution in [2.75, 3.05) is 26.2 Å². The third kappa shape index (κ3) is 7.06. The van der Waals surface area contributed by atoms with Gasteiger partial charge in [-0.2, -0.15) is 0 Å². The van der Waals surface area contributed by atoms with Gasteiger partial charge in [-0.05, 0) is 82.3 Å². The zero-order chi connectivity index (χ0) is 29.7. The average Bonchev–Trinajstić information content (AvgIpc) is 3.26. The smallest absolute Gasteiger partial charge is 0.410 e. The molecule has 2 aliphatic rings. The Morgan fingerprint density at radius 1 is 0.951 bits per heavy atom. The predicted molar refractivity (Wildman–Crippen MR) is 165 cm³/mol. The molecule has 2 aliphatic heterocycles. The molecule has 2 amide bonds. The Bertz CT molecular complexity index is 1350. The van der Waals surface area contributed by atoms with Gasteiger partial charge in [-0.1, -0.05) is 32.9 Å². The summed E-state index contributed by atoms with van der Waals surface area (Å²) in [4.78, 5) is 30.2. The molecule has 3 heterocycles. The first-order valence-electron chi connectivity index (χ1n) is 15.3. The molecular weight excluding hydrogens is 514 g/mol. The lowest BCUT2D eigenvalue weighted by Crippen LogP contribution is -2.40. The van der Waals surface area contributed by atoms with E-state index in [0.717, 1.165) is 54.6 Å². The summed E-state index contributed by atoms with van der Waals surface area (Å²) in [6.45, 7) is 17.9. The lowest BCUT2D eigenvalue weighted by atomic mass is 9.98. The van der Waals surface area contributed by atoms with Gasteiger partial charge >= 0.3 is 6.09 Å². The van der Waals surface area contributed by atoms with Gasteiger partial charge in [0.1, 0.15) is 11.4 Å². The number of nitrogens with zero attached hydrogens (tertiary/aromatic N) is 3. The largest absolute Gasteiger partial charge is 0.494 e. The van der Waals surface area contributed by atoms with Crippen LogP contribution < -0.4 is 4.74 Å². The van der Waals surface area contributed by atoms with Crippen molar-refractivity contribution in [2.24, 2.45) is 5.92 Å². The van der Waals surface area contributed by atoms with Crippen LogP contribution in [0.15, 0.2) is 42.5 Å². The third-order valence-corrected chi connectivity index (χ3v) is 7.80. The van der Waals surface area contributed by atoms with Crippen LogP contribution in [0, 0.1) is 5.92 Å². The number of hydrogen-bond acceptors (Lipinski definition) is 4. The molecule has 1 fully saturated rings. The minimum atomic E-state index is -0.551. The monoisotopic (exact) mass is 561 g/mol. The first kappa shape index (κ1) is 30.5. The van der Waals surface area contributed by atoms with Gasteiger partial charge in [0, 0.05) is 60.3 Å². The highest BCUT2D eigenvalue weighted by atomic mass is 16.6. The van der Waals surface area contributed by atoms with Gasteiger partial charge in [0.15, 0.2) is 0 Å². The Labute approximate surface area is 245 Å². The molecule has 2 aromatic carbocycles. The standard InChI is InChI=1S/C32H41N3O4.C2H6/c1-6-38-25-10-7-23(8-11-25)20-35-28-12-9-24(30(36)33-16-13-22(2)14-17-33)19-26(28)27-21-34(18-15-29(27)35)31(37)39-32(3,4)5;1-2/h7-12,19,22H,6,13-18,20-21H2,1-5H3;1-2H3. The van der Waals surface area contributed by atoms with E-state index in [1.165, 1.54) is 11.3 Å². The Morgan fingerprint density at radius 3 is 2.27 bits per heavy atom. The van der Waals surface area contributed by atoms with Gasteiger partial charge in [-0.15, -0.1) is 0 Å². The number of likely N-dealkylation sites (tertiary alicyclic amines) is 1. The minimum absolute atomic E-state index is 0.0941. The Kier molecular flexibility index (Phi) is 9.67. The van der Waals surface area contributed by atoms with Crippen molar-refractivity contribution in [3.05, 3.63) is 64.8 Å². The number of rotatable bonds is 5. The zero-order valence-corrected chi connectivity index (χ0v) is 26.0. The fourth-order valence-corrected chi connectivity index (χ4v) is 5.68. The first-order chi connectivity index (χ1) is 19.6. The summed E-state index contributed by atoms with van der Waals surface area (Å²) in [7, 11) is 0. The molecule has 0 aliphatic carbocycles. The van der Waals surface area contributed by atoms with Crippen LogP contribution in [0.3, 0.4) is 0 Å². The summed E-state index contributed by atoms with van der Waals surface area (Å²) in [5.41, 5.74) is 4.75. The summed E-state index contributed by atoms with van der Waals surface area (Å²) < 4.78 is 13.7. The quantitative estimate of drug-likeness (QED) is 0.328. The summed E-state index contributed by atoms with van der Waals surface area (Å²) in [6, 6.07) is 14.3. The predicted octanol–water partition coefficient (Wildman–Crippen LogP) is 7.28. The van der Waals surface area contributed by atoms with E-state index in [1.807, 2.05) is 70.7 Å². The van der Waals surface area contributed by atoms with Gasteiger partial charge in [0.05, 0.1) is 13.2 Å². The number of carbonyl (C=O) groups is 2. The van der Waals surface area contributed by atoms with Crippen molar-refractivity contribution in [3.8, 4) is 5.75 Å². The van der Waals surface area contributed by atoms with Crippen LogP contribution in [-0.4, -0.2) is 58.2 Å². The highest BCUT2D eigenvalue weighted by Crippen LogP contribution is 2.34. The number of benzene rings is 2. The summed E-state index contributed by atoms with van der Waals surface area (Å²) in [5, 5.41) is 1.04. The molecule has 3 aromatic rings. The molecule has 222 valence electrons. The lowest BCUT2D eigenvalue weighted by molar-refractivity contribution is 0.0223. The second-order valence-corrected chi connectivity index (χ2v) is 11.9. The molecular formula is C34H47N3O4. The molecule has 41 heavy (non-hydrogen) atoms. The Morgan fingerprint density at radius 2 is 1.63 bits per heavy atom. The van der Waals surface area contributed by atoms with Crippen molar-refractivity contribution in [3.63, 3.8) is 0 Å². The Hall–Kier alpha value is -3.48. The van der Waals surface area contributed by atoms with Crippen molar-refractivity contribution in [2.45, 2.75) is 86.4 Å². The average molecular weight is 562 g/mol. The van der Waals surface area contributed by atoms with E-state index in [9.17, 15) is 9.59 Å². The number of piperidine rings is 1. The topological polar surface area (TPSA) is 64.0 Å². The molecule has 0 unspecified atom stereocenters. The number of ether oxygens (including phenoxy) is 2. The molecule has 0 bridgehead atoms. The molecule has 5 rings (SSSR count). The maximum atomic E-state index is 13.5. The van der Waals surface area contributed by atoms with Crippen LogP contribution >= 0.6 is 0 Å². The van der Waals surface area contributed by atoms with Crippen molar-refractivity contribution < 1.29 is 19.1 Å². The number of aromatic nitrogens is 1. The molecule has 7 nitrogen and oxygen atoms in total. The van der Waals surface area contributed by atoms with E-state index < -0.39 is 5.60 Å². The second-order valence-electron chi connectivity index (χ2n) is 11.9. The Balaban J connectivity index is 0.00000189. The number of amides is 2. The molecule has 0 spiro atoms. The molecule has 0 atom stereocenters. The second kappa shape index (κ2) is 13.0. The lowest BCUT2D eigenvalue weighted by Gasteiger charge is -2.31. The van der Waals surface area contributed by atoms with E-state index in [-0.39, 0.29) is 12.0 Å². The zero-order valence-electron chi connectivity index (χ0n) is 26.0. The summed E-state index contributed by atoms with van der Waals surface area (Å²) in [5.74, 6) is 1.62. The van der Waals surface area contributed by atoms with Crippen molar-refractivity contribution >= 4 is 22.9 Å². The van der Waals surface area contributed by atoms with Gasteiger partial charge in [-0.25, -0.2) is 4.79 Å². The summed E-state index contributed by atoms with van der Waals surface area (Å²) >= 11 is 0. The first-order valence-corrected chi connectivity index (χ1v) is 15.3. The molecule has 0 saturated carbocycles. The van der Waals surface area contributed by atoms with Crippen LogP contribution in [0.4, 0.5) is 4.79 Å². The number of fused-ring (bicyclic) bond motifs is 3. The van der Waals surface area contributed by atoms with Gasteiger partial charge in [-0.3, -0.25) is 4.79 Å². The van der Waals surface area contributed by atoms with E-state index in [0.29, 0.717) is 37.7 Å². The maximum Gasteiger partial charge on any atom is 0.410 e. The van der Waals surface area contributed by atoms with Crippen LogP contribution in [0.2, 0.25) is 0 Å².